The Balaban J connectivity index is 2.19. The van der Waals surface area contributed by atoms with Gasteiger partial charge in [-0.1, -0.05) is 28.1 Å². The normalized spacial score (nSPS) is 9.96. The fourth-order valence-electron chi connectivity index (χ4n) is 2.13. The van der Waals surface area contributed by atoms with Crippen LogP contribution in [0.1, 0.15) is 11.1 Å². The number of ether oxygens (including phenoxy) is 1. The fourth-order valence-corrected chi connectivity index (χ4v) is 2.40. The molecule has 0 bridgehead atoms. The van der Waals surface area contributed by atoms with Crippen molar-refractivity contribution in [2.75, 3.05) is 19.0 Å². The van der Waals surface area contributed by atoms with Crippen molar-refractivity contribution in [3.63, 3.8) is 0 Å². The molecule has 0 unspecified atom stereocenters. The lowest BCUT2D eigenvalue weighted by Crippen LogP contribution is -2.08. The molecule has 0 heterocycles. The van der Waals surface area contributed by atoms with Crippen LogP contribution in [-0.2, 0) is 6.42 Å². The second kappa shape index (κ2) is 7.61. The molecule has 0 saturated heterocycles. The summed E-state index contributed by atoms with van der Waals surface area (Å²) in [6, 6.07) is 12.5. The van der Waals surface area contributed by atoms with E-state index in [9.17, 15) is 10.1 Å². The quantitative estimate of drug-likeness (QED) is 0.610. The minimum Gasteiger partial charge on any atom is -0.494 e. The zero-order valence-corrected chi connectivity index (χ0v) is 14.0. The maximum Gasteiger partial charge on any atom is 0.297 e. The molecule has 0 saturated carbocycles. The van der Waals surface area contributed by atoms with Crippen molar-refractivity contribution in [1.29, 1.82) is 5.26 Å². The molecule has 2 aromatic carbocycles. The monoisotopic (exact) mass is 375 g/mol. The van der Waals surface area contributed by atoms with Gasteiger partial charge in [0.05, 0.1) is 23.7 Å². The minimum atomic E-state index is -0.522. The van der Waals surface area contributed by atoms with Gasteiger partial charge in [-0.25, -0.2) is 0 Å². The first-order valence-electron chi connectivity index (χ1n) is 6.80. The Kier molecular flexibility index (Phi) is 5.55. The summed E-state index contributed by atoms with van der Waals surface area (Å²) in [6.45, 7) is 0.505. The zero-order chi connectivity index (χ0) is 16.8. The van der Waals surface area contributed by atoms with Gasteiger partial charge in [-0.05, 0) is 24.1 Å². The van der Waals surface area contributed by atoms with Gasteiger partial charge in [0, 0.05) is 23.2 Å². The van der Waals surface area contributed by atoms with E-state index in [1.165, 1.54) is 19.2 Å². The first-order chi connectivity index (χ1) is 11.0. The van der Waals surface area contributed by atoms with Crippen LogP contribution in [0.25, 0.3) is 0 Å². The lowest BCUT2D eigenvalue weighted by Gasteiger charge is -2.12. The number of hydrogen-bond acceptors (Lipinski definition) is 5. The number of anilines is 1. The number of nitriles is 1. The molecule has 0 spiro atoms. The summed E-state index contributed by atoms with van der Waals surface area (Å²) in [5.41, 5.74) is 1.41. The van der Waals surface area contributed by atoms with Crippen LogP contribution in [0.4, 0.5) is 11.4 Å². The van der Waals surface area contributed by atoms with Gasteiger partial charge in [0.2, 0.25) is 0 Å². The Morgan fingerprint density at radius 1 is 1.35 bits per heavy atom. The molecule has 0 fully saturated rings. The molecule has 2 aromatic rings. The number of nitro benzene ring substituents is 1. The third-order valence-electron chi connectivity index (χ3n) is 3.26. The fraction of sp³-hybridized carbons (Fsp3) is 0.188. The summed E-state index contributed by atoms with van der Waals surface area (Å²) >= 11 is 3.37. The minimum absolute atomic E-state index is 0.170. The van der Waals surface area contributed by atoms with Gasteiger partial charge < -0.3 is 10.1 Å². The number of nitro groups is 1. The summed E-state index contributed by atoms with van der Waals surface area (Å²) in [4.78, 5) is 10.7. The number of halogens is 1. The van der Waals surface area contributed by atoms with Gasteiger partial charge in [-0.2, -0.15) is 5.26 Å². The lowest BCUT2D eigenvalue weighted by atomic mass is 10.1. The van der Waals surface area contributed by atoms with Crippen molar-refractivity contribution in [3.8, 4) is 11.8 Å². The molecule has 1 N–H and O–H groups in total. The lowest BCUT2D eigenvalue weighted by molar-refractivity contribution is -0.384. The van der Waals surface area contributed by atoms with Gasteiger partial charge in [-0.15, -0.1) is 0 Å². The van der Waals surface area contributed by atoms with Crippen molar-refractivity contribution in [1.82, 2.24) is 0 Å². The van der Waals surface area contributed by atoms with Crippen LogP contribution in [0.2, 0.25) is 0 Å². The van der Waals surface area contributed by atoms with Gasteiger partial charge in [-0.3, -0.25) is 10.1 Å². The number of benzene rings is 2. The third-order valence-corrected chi connectivity index (χ3v) is 3.78. The van der Waals surface area contributed by atoms with E-state index >= 15 is 0 Å². The average molecular weight is 376 g/mol. The van der Waals surface area contributed by atoms with E-state index in [-0.39, 0.29) is 22.7 Å². The number of methoxy groups -OCH3 is 1. The maximum absolute atomic E-state index is 11.2. The number of hydrogen-bond donors (Lipinski definition) is 1. The molecule has 0 aliphatic carbocycles. The van der Waals surface area contributed by atoms with Gasteiger partial charge in [0.25, 0.3) is 5.69 Å². The summed E-state index contributed by atoms with van der Waals surface area (Å²) in [7, 11) is 1.42. The second-order valence-corrected chi connectivity index (χ2v) is 5.66. The average Bonchev–Trinajstić information content (AvgIpc) is 2.56. The molecular formula is C16H14BrN3O3. The molecule has 0 aromatic heterocycles. The molecule has 0 amide bonds. The number of nitrogens with zero attached hydrogens (tertiary/aromatic N) is 2. The molecule has 118 valence electrons. The highest BCUT2D eigenvalue weighted by Crippen LogP contribution is 2.35. The highest BCUT2D eigenvalue weighted by molar-refractivity contribution is 9.10. The van der Waals surface area contributed by atoms with Crippen molar-refractivity contribution in [2.24, 2.45) is 0 Å². The number of rotatable bonds is 6. The Morgan fingerprint density at radius 2 is 2.04 bits per heavy atom. The Hall–Kier alpha value is -2.59. The van der Waals surface area contributed by atoms with E-state index < -0.39 is 4.92 Å². The van der Waals surface area contributed by atoms with Crippen molar-refractivity contribution in [3.05, 3.63) is 62.1 Å². The van der Waals surface area contributed by atoms with E-state index in [0.29, 0.717) is 13.0 Å². The van der Waals surface area contributed by atoms with Crippen molar-refractivity contribution in [2.45, 2.75) is 6.42 Å². The van der Waals surface area contributed by atoms with Crippen LogP contribution < -0.4 is 10.1 Å². The zero-order valence-electron chi connectivity index (χ0n) is 12.4. The predicted molar refractivity (Wildman–Crippen MR) is 90.7 cm³/mol. The Bertz CT molecular complexity index is 754. The standard InChI is InChI=1S/C16H14BrN3O3/c1-23-15-9-12(10-18)8-14(20(21)22)16(15)19-7-6-11-2-4-13(17)5-3-11/h2-5,8-9,19H,6-7H2,1H3. The molecule has 23 heavy (non-hydrogen) atoms. The summed E-state index contributed by atoms with van der Waals surface area (Å²) in [5.74, 6) is 0.284. The SMILES string of the molecule is COc1cc(C#N)cc([N+](=O)[O-])c1NCCc1ccc(Br)cc1. The molecule has 0 atom stereocenters. The van der Waals surface area contributed by atoms with Crippen LogP contribution in [0.15, 0.2) is 40.9 Å². The molecule has 0 aliphatic heterocycles. The molecule has 0 radical (unpaired) electrons. The maximum atomic E-state index is 11.2. The Labute approximate surface area is 142 Å². The molecule has 2 rings (SSSR count). The largest absolute Gasteiger partial charge is 0.494 e. The molecular weight excluding hydrogens is 362 g/mol. The summed E-state index contributed by atoms with van der Waals surface area (Å²) in [6.07, 6.45) is 0.702. The van der Waals surface area contributed by atoms with Crippen molar-refractivity contribution >= 4 is 27.3 Å². The topological polar surface area (TPSA) is 88.2 Å². The van der Waals surface area contributed by atoms with E-state index in [4.69, 9.17) is 10.00 Å². The van der Waals surface area contributed by atoms with Gasteiger partial charge in [0.1, 0.15) is 5.75 Å². The van der Waals surface area contributed by atoms with E-state index in [1.54, 1.807) is 0 Å². The van der Waals surface area contributed by atoms with Gasteiger partial charge in [0.15, 0.2) is 5.69 Å². The van der Waals surface area contributed by atoms with E-state index in [1.807, 2.05) is 30.3 Å². The summed E-state index contributed by atoms with van der Waals surface area (Å²) < 4.78 is 6.17. The first kappa shape index (κ1) is 16.8. The molecule has 6 nitrogen and oxygen atoms in total. The highest BCUT2D eigenvalue weighted by atomic mass is 79.9. The predicted octanol–water partition coefficient (Wildman–Crippen LogP) is 3.89. The van der Waals surface area contributed by atoms with E-state index in [0.717, 1.165) is 10.0 Å². The Morgan fingerprint density at radius 3 is 2.61 bits per heavy atom. The molecule has 0 aliphatic rings. The van der Waals surface area contributed by atoms with Crippen LogP contribution >= 0.6 is 15.9 Å². The van der Waals surface area contributed by atoms with Crippen LogP contribution in [0, 0.1) is 21.4 Å². The third kappa shape index (κ3) is 4.20. The van der Waals surface area contributed by atoms with Crippen LogP contribution in [-0.4, -0.2) is 18.6 Å². The van der Waals surface area contributed by atoms with Gasteiger partial charge >= 0.3 is 0 Å². The summed E-state index contributed by atoms with van der Waals surface area (Å²) in [5, 5.41) is 23.2. The van der Waals surface area contributed by atoms with Crippen LogP contribution in [0.5, 0.6) is 5.75 Å². The number of nitrogens with one attached hydrogen (secondary N) is 1. The first-order valence-corrected chi connectivity index (χ1v) is 7.59. The smallest absolute Gasteiger partial charge is 0.297 e. The van der Waals surface area contributed by atoms with Crippen molar-refractivity contribution < 1.29 is 9.66 Å². The van der Waals surface area contributed by atoms with Crippen LogP contribution in [0.3, 0.4) is 0 Å². The van der Waals surface area contributed by atoms with E-state index in [2.05, 4.69) is 21.2 Å². The second-order valence-electron chi connectivity index (χ2n) is 4.74. The highest BCUT2D eigenvalue weighted by Gasteiger charge is 2.20. The molecule has 7 heteroatoms.